The van der Waals surface area contributed by atoms with E-state index in [4.69, 9.17) is 0 Å². The molecule has 0 spiro atoms. The number of nitrogens with zero attached hydrogens (tertiary/aromatic N) is 1. The first-order valence-corrected chi connectivity index (χ1v) is 9.48. The van der Waals surface area contributed by atoms with Crippen molar-refractivity contribution in [1.82, 2.24) is 4.98 Å². The highest BCUT2D eigenvalue weighted by Crippen LogP contribution is 2.12. The molecule has 1 heterocycles. The zero-order valence-corrected chi connectivity index (χ0v) is 14.1. The lowest BCUT2D eigenvalue weighted by Gasteiger charge is -2.09. The molecule has 124 valence electrons. The summed E-state index contributed by atoms with van der Waals surface area (Å²) in [6.45, 7) is 2.76. The van der Waals surface area contributed by atoms with Crippen molar-refractivity contribution in [3.05, 3.63) is 54.2 Å². The van der Waals surface area contributed by atoms with Crippen LogP contribution in [0.1, 0.15) is 25.3 Å². The van der Waals surface area contributed by atoms with Crippen LogP contribution in [0.2, 0.25) is 0 Å². The Morgan fingerprint density at radius 2 is 1.87 bits per heavy atom. The Hall–Kier alpha value is -2.08. The summed E-state index contributed by atoms with van der Waals surface area (Å²) in [5, 5.41) is 3.28. The summed E-state index contributed by atoms with van der Waals surface area (Å²) in [5.41, 5.74) is 2.14. The van der Waals surface area contributed by atoms with E-state index in [9.17, 15) is 8.42 Å². The summed E-state index contributed by atoms with van der Waals surface area (Å²) >= 11 is 0. The Morgan fingerprint density at radius 1 is 1.09 bits per heavy atom. The predicted octanol–water partition coefficient (Wildman–Crippen LogP) is 3.28. The SMILES string of the molecule is CCCCS(=O)(=O)Nc1ccc(NCCc2ccccc2)cn1. The van der Waals surface area contributed by atoms with E-state index in [1.807, 2.05) is 31.2 Å². The number of sulfonamides is 1. The topological polar surface area (TPSA) is 71.1 Å². The van der Waals surface area contributed by atoms with Gasteiger partial charge in [0.1, 0.15) is 5.82 Å². The van der Waals surface area contributed by atoms with Crippen LogP contribution in [-0.2, 0) is 16.4 Å². The van der Waals surface area contributed by atoms with Crippen molar-refractivity contribution in [3.63, 3.8) is 0 Å². The smallest absolute Gasteiger partial charge is 0.233 e. The van der Waals surface area contributed by atoms with Crippen molar-refractivity contribution in [2.45, 2.75) is 26.2 Å². The summed E-state index contributed by atoms with van der Waals surface area (Å²) in [5.74, 6) is 0.483. The predicted molar refractivity (Wildman–Crippen MR) is 95.2 cm³/mol. The molecule has 1 aromatic carbocycles. The van der Waals surface area contributed by atoms with Crippen LogP contribution in [0.15, 0.2) is 48.7 Å². The molecule has 0 aliphatic rings. The minimum absolute atomic E-state index is 0.127. The highest BCUT2D eigenvalue weighted by molar-refractivity contribution is 7.92. The summed E-state index contributed by atoms with van der Waals surface area (Å²) in [4.78, 5) is 4.14. The molecular weight excluding hydrogens is 310 g/mol. The Labute approximate surface area is 138 Å². The molecule has 2 N–H and O–H groups in total. The van der Waals surface area contributed by atoms with Gasteiger partial charge in [0.05, 0.1) is 17.6 Å². The van der Waals surface area contributed by atoms with E-state index in [0.717, 1.165) is 25.1 Å². The lowest BCUT2D eigenvalue weighted by molar-refractivity contribution is 0.597. The van der Waals surface area contributed by atoms with Crippen molar-refractivity contribution in [2.24, 2.45) is 0 Å². The molecule has 0 saturated heterocycles. The van der Waals surface area contributed by atoms with Crippen molar-refractivity contribution in [3.8, 4) is 0 Å². The molecule has 2 rings (SSSR count). The Bertz CT molecular complexity index is 686. The number of rotatable bonds is 9. The fraction of sp³-hybridized carbons (Fsp3) is 0.353. The standard InChI is InChI=1S/C17H23N3O2S/c1-2-3-13-23(21,22)20-17-10-9-16(14-19-17)18-12-11-15-7-5-4-6-8-15/h4-10,14,18H,2-3,11-13H2,1H3,(H,19,20). The highest BCUT2D eigenvalue weighted by atomic mass is 32.2. The maximum Gasteiger partial charge on any atom is 0.233 e. The van der Waals surface area contributed by atoms with Crippen LogP contribution < -0.4 is 10.0 Å². The minimum Gasteiger partial charge on any atom is -0.383 e. The van der Waals surface area contributed by atoms with E-state index in [2.05, 4.69) is 27.2 Å². The minimum atomic E-state index is -3.30. The molecule has 1 aromatic heterocycles. The maximum atomic E-state index is 11.8. The van der Waals surface area contributed by atoms with E-state index in [1.54, 1.807) is 12.3 Å². The van der Waals surface area contributed by atoms with Gasteiger partial charge in [-0.15, -0.1) is 0 Å². The van der Waals surface area contributed by atoms with Crippen LogP contribution >= 0.6 is 0 Å². The molecule has 23 heavy (non-hydrogen) atoms. The van der Waals surface area contributed by atoms with E-state index in [-0.39, 0.29) is 5.75 Å². The molecule has 0 aliphatic carbocycles. The lowest BCUT2D eigenvalue weighted by atomic mass is 10.1. The number of nitrogens with one attached hydrogen (secondary N) is 2. The molecule has 0 fully saturated rings. The first kappa shape index (κ1) is 17.3. The van der Waals surface area contributed by atoms with Crippen molar-refractivity contribution < 1.29 is 8.42 Å². The second kappa shape index (κ2) is 8.53. The largest absolute Gasteiger partial charge is 0.383 e. The normalized spacial score (nSPS) is 11.2. The Morgan fingerprint density at radius 3 is 2.52 bits per heavy atom. The fourth-order valence-corrected chi connectivity index (χ4v) is 3.31. The number of benzene rings is 1. The first-order chi connectivity index (χ1) is 11.1. The first-order valence-electron chi connectivity index (χ1n) is 7.83. The summed E-state index contributed by atoms with van der Waals surface area (Å²) in [6.07, 6.45) is 4.06. The number of hydrogen-bond donors (Lipinski definition) is 2. The molecule has 0 radical (unpaired) electrons. The summed E-state index contributed by atoms with van der Waals surface area (Å²) < 4.78 is 26.1. The summed E-state index contributed by atoms with van der Waals surface area (Å²) in [7, 11) is -3.30. The third-order valence-corrected chi connectivity index (χ3v) is 4.72. The van der Waals surface area contributed by atoms with Gasteiger partial charge in [0, 0.05) is 6.54 Å². The van der Waals surface area contributed by atoms with Crippen LogP contribution in [0.3, 0.4) is 0 Å². The van der Waals surface area contributed by atoms with Gasteiger partial charge in [-0.05, 0) is 30.5 Å². The number of aromatic nitrogens is 1. The number of hydrogen-bond acceptors (Lipinski definition) is 4. The quantitative estimate of drug-likeness (QED) is 0.739. The van der Waals surface area contributed by atoms with Gasteiger partial charge >= 0.3 is 0 Å². The second-order valence-electron chi connectivity index (χ2n) is 5.37. The molecule has 0 aliphatic heterocycles. The van der Waals surface area contributed by atoms with Crippen molar-refractivity contribution in [2.75, 3.05) is 22.3 Å². The summed E-state index contributed by atoms with van der Waals surface area (Å²) in [6, 6.07) is 13.7. The molecule has 0 atom stereocenters. The third kappa shape index (κ3) is 6.28. The number of pyridine rings is 1. The van der Waals surface area contributed by atoms with Gasteiger partial charge in [0.15, 0.2) is 0 Å². The van der Waals surface area contributed by atoms with E-state index < -0.39 is 10.0 Å². The van der Waals surface area contributed by atoms with E-state index in [0.29, 0.717) is 12.2 Å². The molecule has 0 amide bonds. The lowest BCUT2D eigenvalue weighted by Crippen LogP contribution is -2.17. The van der Waals surface area contributed by atoms with Gasteiger partial charge in [-0.1, -0.05) is 43.7 Å². The molecule has 0 saturated carbocycles. The van der Waals surface area contributed by atoms with Crippen LogP contribution in [0.5, 0.6) is 0 Å². The van der Waals surface area contributed by atoms with Crippen molar-refractivity contribution in [1.29, 1.82) is 0 Å². The molecule has 6 heteroatoms. The van der Waals surface area contributed by atoms with Gasteiger partial charge < -0.3 is 5.32 Å². The average molecular weight is 333 g/mol. The second-order valence-corrected chi connectivity index (χ2v) is 7.21. The molecule has 0 bridgehead atoms. The molecule has 2 aromatic rings. The molecular formula is C17H23N3O2S. The van der Waals surface area contributed by atoms with Gasteiger partial charge in [0.2, 0.25) is 10.0 Å². The molecule has 5 nitrogen and oxygen atoms in total. The fourth-order valence-electron chi connectivity index (χ4n) is 2.10. The van der Waals surface area contributed by atoms with Gasteiger partial charge in [-0.2, -0.15) is 0 Å². The zero-order chi connectivity index (χ0) is 16.5. The monoisotopic (exact) mass is 333 g/mol. The zero-order valence-electron chi connectivity index (χ0n) is 13.3. The van der Waals surface area contributed by atoms with Gasteiger partial charge in [-0.3, -0.25) is 4.72 Å². The third-order valence-electron chi connectivity index (χ3n) is 3.38. The van der Waals surface area contributed by atoms with Crippen LogP contribution in [0, 0.1) is 0 Å². The van der Waals surface area contributed by atoms with E-state index >= 15 is 0 Å². The Kier molecular flexibility index (Phi) is 6.40. The molecule has 0 unspecified atom stereocenters. The highest BCUT2D eigenvalue weighted by Gasteiger charge is 2.10. The van der Waals surface area contributed by atoms with Crippen LogP contribution in [0.25, 0.3) is 0 Å². The van der Waals surface area contributed by atoms with Gasteiger partial charge in [-0.25, -0.2) is 13.4 Å². The van der Waals surface area contributed by atoms with Gasteiger partial charge in [0.25, 0.3) is 0 Å². The number of unbranched alkanes of at least 4 members (excludes halogenated alkanes) is 1. The maximum absolute atomic E-state index is 11.8. The van der Waals surface area contributed by atoms with E-state index in [1.165, 1.54) is 5.56 Å². The number of anilines is 2. The van der Waals surface area contributed by atoms with Crippen molar-refractivity contribution >= 4 is 21.5 Å². The van der Waals surface area contributed by atoms with Crippen LogP contribution in [-0.4, -0.2) is 25.7 Å². The average Bonchev–Trinajstić information content (AvgIpc) is 2.55. The Balaban J connectivity index is 1.82. The van der Waals surface area contributed by atoms with Crippen LogP contribution in [0.4, 0.5) is 11.5 Å².